The lowest BCUT2D eigenvalue weighted by Crippen LogP contribution is -2.24. The van der Waals surface area contributed by atoms with Crippen LogP contribution in [0.15, 0.2) is 42.6 Å². The zero-order valence-electron chi connectivity index (χ0n) is 11.0. The highest BCUT2D eigenvalue weighted by molar-refractivity contribution is 5.78. The summed E-state index contributed by atoms with van der Waals surface area (Å²) in [6.45, 7) is 3.13. The van der Waals surface area contributed by atoms with Crippen molar-refractivity contribution in [2.24, 2.45) is 0 Å². The van der Waals surface area contributed by atoms with Gasteiger partial charge in [-0.3, -0.25) is 4.79 Å². The van der Waals surface area contributed by atoms with Crippen LogP contribution in [0.4, 0.5) is 0 Å². The second-order valence-electron chi connectivity index (χ2n) is 4.23. The van der Waals surface area contributed by atoms with Gasteiger partial charge in [0.05, 0.1) is 19.6 Å². The first-order chi connectivity index (χ1) is 9.28. The molecule has 0 aliphatic heterocycles. The van der Waals surface area contributed by atoms with Gasteiger partial charge in [-0.1, -0.05) is 12.1 Å². The fraction of sp³-hybridized carbons (Fsp3) is 0.267. The standard InChI is InChI=1S/C15H18N2O2/c1-2-19-14-7-5-12(6-8-14)10-15(18)17-11-13-4-3-9-16-13/h3-9,16H,2,10-11H2,1H3,(H,17,18). The van der Waals surface area contributed by atoms with Gasteiger partial charge in [0.1, 0.15) is 5.75 Å². The third-order valence-corrected chi connectivity index (χ3v) is 2.74. The number of benzene rings is 1. The number of carbonyl (C=O) groups is 1. The number of aromatic amines is 1. The summed E-state index contributed by atoms with van der Waals surface area (Å²) in [5, 5.41) is 2.87. The van der Waals surface area contributed by atoms with Gasteiger partial charge in [0, 0.05) is 11.9 Å². The van der Waals surface area contributed by atoms with Crippen molar-refractivity contribution in [1.29, 1.82) is 0 Å². The van der Waals surface area contributed by atoms with Crippen molar-refractivity contribution in [3.8, 4) is 5.75 Å². The second-order valence-corrected chi connectivity index (χ2v) is 4.23. The molecule has 0 aliphatic rings. The summed E-state index contributed by atoms with van der Waals surface area (Å²) in [6.07, 6.45) is 2.22. The molecule has 0 aliphatic carbocycles. The molecule has 1 amide bonds. The lowest BCUT2D eigenvalue weighted by atomic mass is 10.1. The maximum absolute atomic E-state index is 11.8. The third kappa shape index (κ3) is 4.17. The maximum Gasteiger partial charge on any atom is 0.224 e. The Balaban J connectivity index is 1.81. The molecule has 19 heavy (non-hydrogen) atoms. The average molecular weight is 258 g/mol. The smallest absolute Gasteiger partial charge is 0.224 e. The van der Waals surface area contributed by atoms with Gasteiger partial charge >= 0.3 is 0 Å². The summed E-state index contributed by atoms with van der Waals surface area (Å²) in [5.41, 5.74) is 1.98. The molecule has 4 heteroatoms. The molecule has 0 fully saturated rings. The van der Waals surface area contributed by atoms with E-state index in [4.69, 9.17) is 4.74 Å². The summed E-state index contributed by atoms with van der Waals surface area (Å²) in [4.78, 5) is 14.8. The van der Waals surface area contributed by atoms with Crippen molar-refractivity contribution in [2.45, 2.75) is 19.9 Å². The van der Waals surface area contributed by atoms with E-state index in [-0.39, 0.29) is 5.91 Å². The zero-order chi connectivity index (χ0) is 13.5. The minimum Gasteiger partial charge on any atom is -0.494 e. The van der Waals surface area contributed by atoms with Gasteiger partial charge in [-0.2, -0.15) is 0 Å². The van der Waals surface area contributed by atoms with Crippen LogP contribution in [0.1, 0.15) is 18.2 Å². The minimum atomic E-state index is 0.0127. The van der Waals surface area contributed by atoms with Crippen LogP contribution < -0.4 is 10.1 Å². The molecule has 0 saturated heterocycles. The molecule has 100 valence electrons. The molecule has 1 aromatic carbocycles. The first-order valence-corrected chi connectivity index (χ1v) is 6.38. The predicted molar refractivity (Wildman–Crippen MR) is 74.0 cm³/mol. The van der Waals surface area contributed by atoms with E-state index in [9.17, 15) is 4.79 Å². The molecule has 0 atom stereocenters. The molecule has 0 unspecified atom stereocenters. The molecule has 0 saturated carbocycles. The Bertz CT molecular complexity index is 503. The molecular weight excluding hydrogens is 240 g/mol. The van der Waals surface area contributed by atoms with Gasteiger partial charge < -0.3 is 15.0 Å². The number of hydrogen-bond acceptors (Lipinski definition) is 2. The highest BCUT2D eigenvalue weighted by Gasteiger charge is 2.04. The zero-order valence-corrected chi connectivity index (χ0v) is 11.0. The lowest BCUT2D eigenvalue weighted by molar-refractivity contribution is -0.120. The quantitative estimate of drug-likeness (QED) is 0.835. The number of amides is 1. The summed E-state index contributed by atoms with van der Waals surface area (Å²) < 4.78 is 5.36. The van der Waals surface area contributed by atoms with Crippen LogP contribution in [0, 0.1) is 0 Å². The van der Waals surface area contributed by atoms with E-state index in [0.29, 0.717) is 19.6 Å². The van der Waals surface area contributed by atoms with E-state index in [2.05, 4.69) is 10.3 Å². The lowest BCUT2D eigenvalue weighted by Gasteiger charge is -2.06. The van der Waals surface area contributed by atoms with Gasteiger partial charge in [-0.25, -0.2) is 0 Å². The second kappa shape index (κ2) is 6.64. The summed E-state index contributed by atoms with van der Waals surface area (Å²) >= 11 is 0. The van der Waals surface area contributed by atoms with Gasteiger partial charge in [0.2, 0.25) is 5.91 Å². The number of H-pyrrole nitrogens is 1. The molecule has 1 heterocycles. The van der Waals surface area contributed by atoms with E-state index in [1.54, 1.807) is 0 Å². The first kappa shape index (κ1) is 13.2. The Kier molecular flexibility index (Phi) is 4.61. The number of aromatic nitrogens is 1. The SMILES string of the molecule is CCOc1ccc(CC(=O)NCc2ccc[nH]2)cc1. The number of hydrogen-bond donors (Lipinski definition) is 2. The molecule has 2 N–H and O–H groups in total. The average Bonchev–Trinajstić information content (AvgIpc) is 2.92. The third-order valence-electron chi connectivity index (χ3n) is 2.74. The first-order valence-electron chi connectivity index (χ1n) is 6.38. The minimum absolute atomic E-state index is 0.0127. The van der Waals surface area contributed by atoms with Crippen molar-refractivity contribution in [2.75, 3.05) is 6.61 Å². The van der Waals surface area contributed by atoms with Crippen molar-refractivity contribution >= 4 is 5.91 Å². The molecule has 0 spiro atoms. The van der Waals surface area contributed by atoms with Crippen LogP contribution in [0.3, 0.4) is 0 Å². The number of carbonyl (C=O) groups excluding carboxylic acids is 1. The molecule has 4 nitrogen and oxygen atoms in total. The van der Waals surface area contributed by atoms with Crippen LogP contribution >= 0.6 is 0 Å². The van der Waals surface area contributed by atoms with Crippen LogP contribution in [-0.4, -0.2) is 17.5 Å². The fourth-order valence-electron chi connectivity index (χ4n) is 1.79. The Morgan fingerprint density at radius 1 is 1.26 bits per heavy atom. The maximum atomic E-state index is 11.8. The molecule has 2 aromatic rings. The van der Waals surface area contributed by atoms with Crippen molar-refractivity contribution in [1.82, 2.24) is 10.3 Å². The summed E-state index contributed by atoms with van der Waals surface area (Å²) in [5.74, 6) is 0.844. The van der Waals surface area contributed by atoms with Gasteiger partial charge in [0.25, 0.3) is 0 Å². The molecule has 2 rings (SSSR count). The Morgan fingerprint density at radius 3 is 2.68 bits per heavy atom. The Morgan fingerprint density at radius 2 is 2.05 bits per heavy atom. The molecular formula is C15H18N2O2. The van der Waals surface area contributed by atoms with Gasteiger partial charge in [0.15, 0.2) is 0 Å². The predicted octanol–water partition coefficient (Wildman–Crippen LogP) is 2.27. The monoisotopic (exact) mass is 258 g/mol. The fourth-order valence-corrected chi connectivity index (χ4v) is 1.79. The van der Waals surface area contributed by atoms with Crippen molar-refractivity contribution < 1.29 is 9.53 Å². The largest absolute Gasteiger partial charge is 0.494 e. The highest BCUT2D eigenvalue weighted by atomic mass is 16.5. The molecule has 0 bridgehead atoms. The number of ether oxygens (including phenoxy) is 1. The number of rotatable bonds is 6. The van der Waals surface area contributed by atoms with Crippen molar-refractivity contribution in [3.05, 3.63) is 53.9 Å². The van der Waals surface area contributed by atoms with Crippen LogP contribution in [0.5, 0.6) is 5.75 Å². The number of nitrogens with one attached hydrogen (secondary N) is 2. The van der Waals surface area contributed by atoms with E-state index in [0.717, 1.165) is 17.0 Å². The Labute approximate surface area is 112 Å². The Hall–Kier alpha value is -2.23. The molecule has 1 aromatic heterocycles. The normalized spacial score (nSPS) is 10.2. The van der Waals surface area contributed by atoms with Crippen LogP contribution in [0.2, 0.25) is 0 Å². The van der Waals surface area contributed by atoms with E-state index in [1.165, 1.54) is 0 Å². The van der Waals surface area contributed by atoms with Gasteiger partial charge in [-0.15, -0.1) is 0 Å². The van der Waals surface area contributed by atoms with E-state index < -0.39 is 0 Å². The molecule has 0 radical (unpaired) electrons. The van der Waals surface area contributed by atoms with E-state index in [1.807, 2.05) is 49.5 Å². The van der Waals surface area contributed by atoms with E-state index >= 15 is 0 Å². The summed E-state index contributed by atoms with van der Waals surface area (Å²) in [6, 6.07) is 11.5. The summed E-state index contributed by atoms with van der Waals surface area (Å²) in [7, 11) is 0. The highest BCUT2D eigenvalue weighted by Crippen LogP contribution is 2.12. The van der Waals surface area contributed by atoms with Crippen molar-refractivity contribution in [3.63, 3.8) is 0 Å². The van der Waals surface area contributed by atoms with Gasteiger partial charge in [-0.05, 0) is 36.8 Å². The van der Waals surface area contributed by atoms with Crippen LogP contribution in [-0.2, 0) is 17.8 Å². The topological polar surface area (TPSA) is 54.1 Å². The van der Waals surface area contributed by atoms with Crippen LogP contribution in [0.25, 0.3) is 0 Å².